The zero-order valence-electron chi connectivity index (χ0n) is 14.8. The van der Waals surface area contributed by atoms with Gasteiger partial charge in [0.25, 0.3) is 0 Å². The van der Waals surface area contributed by atoms with Gasteiger partial charge in [-0.25, -0.2) is 14.8 Å². The molecule has 0 amide bonds. The van der Waals surface area contributed by atoms with Crippen LogP contribution in [0.4, 0.5) is 11.6 Å². The zero-order chi connectivity index (χ0) is 18.6. The molecule has 1 aliphatic rings. The van der Waals surface area contributed by atoms with Crippen LogP contribution < -0.4 is 10.6 Å². The smallest absolute Gasteiger partial charge is 0.337 e. The fourth-order valence-corrected chi connectivity index (χ4v) is 3.14. The summed E-state index contributed by atoms with van der Waals surface area (Å²) in [5.74, 6) is 0.233. The quantitative estimate of drug-likeness (QED) is 0.691. The molecule has 0 fully saturated rings. The normalized spacial score (nSPS) is 15.4. The number of carbonyl (C=O) groups excluding carboxylic acids is 1. The predicted molar refractivity (Wildman–Crippen MR) is 103 cm³/mol. The summed E-state index contributed by atoms with van der Waals surface area (Å²) in [6.45, 7) is 0.741. The zero-order valence-corrected chi connectivity index (χ0v) is 14.8. The van der Waals surface area contributed by atoms with E-state index in [-0.39, 0.29) is 12.0 Å². The van der Waals surface area contributed by atoms with Crippen molar-refractivity contribution in [2.75, 3.05) is 24.3 Å². The molecule has 3 heterocycles. The lowest BCUT2D eigenvalue weighted by atomic mass is 9.97. The summed E-state index contributed by atoms with van der Waals surface area (Å²) in [5, 5.41) is 6.76. The molecular formula is C20H19N5O2. The lowest BCUT2D eigenvalue weighted by Gasteiger charge is -2.27. The van der Waals surface area contributed by atoms with Gasteiger partial charge in [-0.05, 0) is 48.4 Å². The van der Waals surface area contributed by atoms with E-state index in [0.29, 0.717) is 11.5 Å². The lowest BCUT2D eigenvalue weighted by molar-refractivity contribution is 0.0600. The second-order valence-corrected chi connectivity index (χ2v) is 6.30. The van der Waals surface area contributed by atoms with Crippen molar-refractivity contribution in [1.29, 1.82) is 0 Å². The van der Waals surface area contributed by atoms with E-state index in [4.69, 9.17) is 4.74 Å². The van der Waals surface area contributed by atoms with E-state index in [1.807, 2.05) is 30.3 Å². The molecule has 136 valence electrons. The van der Waals surface area contributed by atoms with Crippen LogP contribution in [-0.2, 0) is 11.2 Å². The highest BCUT2D eigenvalue weighted by Crippen LogP contribution is 2.25. The molecule has 1 aromatic carbocycles. The average Bonchev–Trinajstić information content (AvgIpc) is 2.73. The van der Waals surface area contributed by atoms with E-state index in [1.165, 1.54) is 7.11 Å². The van der Waals surface area contributed by atoms with Crippen LogP contribution in [0.25, 0.3) is 11.3 Å². The Morgan fingerprint density at radius 1 is 1.26 bits per heavy atom. The van der Waals surface area contributed by atoms with Crippen molar-refractivity contribution in [3.63, 3.8) is 0 Å². The molecule has 2 aromatic heterocycles. The van der Waals surface area contributed by atoms with Crippen LogP contribution >= 0.6 is 0 Å². The number of nitrogens with one attached hydrogen (secondary N) is 2. The Morgan fingerprint density at radius 2 is 2.19 bits per heavy atom. The maximum Gasteiger partial charge on any atom is 0.337 e. The Hall–Kier alpha value is -3.48. The standard InChI is InChI=1S/C20H19N5O2/c1-27-19(26)13-4-5-17-15(9-13)10-16(12-23-17)24-20-22-8-6-18(25-20)14-3-2-7-21-11-14/h2-9,11,16,23H,10,12H2,1H3,(H,22,24,25). The van der Waals surface area contributed by atoms with E-state index in [9.17, 15) is 4.79 Å². The first-order valence-corrected chi connectivity index (χ1v) is 8.68. The Kier molecular flexibility index (Phi) is 4.65. The molecule has 27 heavy (non-hydrogen) atoms. The van der Waals surface area contributed by atoms with E-state index in [1.54, 1.807) is 24.7 Å². The molecule has 0 spiro atoms. The number of hydrogen-bond acceptors (Lipinski definition) is 7. The third kappa shape index (κ3) is 3.72. The Morgan fingerprint density at radius 3 is 3.00 bits per heavy atom. The van der Waals surface area contributed by atoms with Crippen LogP contribution in [0, 0.1) is 0 Å². The van der Waals surface area contributed by atoms with E-state index in [2.05, 4.69) is 25.6 Å². The summed E-state index contributed by atoms with van der Waals surface area (Å²) in [4.78, 5) is 24.8. The number of pyridine rings is 1. The number of fused-ring (bicyclic) bond motifs is 1. The molecule has 0 bridgehead atoms. The number of carbonyl (C=O) groups is 1. The number of nitrogens with zero attached hydrogens (tertiary/aromatic N) is 3. The fraction of sp³-hybridized carbons (Fsp3) is 0.200. The lowest BCUT2D eigenvalue weighted by Crippen LogP contribution is -2.35. The van der Waals surface area contributed by atoms with Crippen molar-refractivity contribution in [3.8, 4) is 11.3 Å². The van der Waals surface area contributed by atoms with Crippen molar-refractivity contribution in [2.24, 2.45) is 0 Å². The molecule has 0 saturated heterocycles. The van der Waals surface area contributed by atoms with Gasteiger partial charge in [0.2, 0.25) is 5.95 Å². The highest BCUT2D eigenvalue weighted by Gasteiger charge is 2.20. The van der Waals surface area contributed by atoms with Gasteiger partial charge in [-0.1, -0.05) is 0 Å². The summed E-state index contributed by atoms with van der Waals surface area (Å²) in [6.07, 6.45) is 6.00. The van der Waals surface area contributed by atoms with Crippen molar-refractivity contribution in [2.45, 2.75) is 12.5 Å². The first-order chi connectivity index (χ1) is 13.2. The molecule has 0 radical (unpaired) electrons. The van der Waals surface area contributed by atoms with Gasteiger partial charge in [-0.3, -0.25) is 4.98 Å². The van der Waals surface area contributed by atoms with Crippen LogP contribution in [0.1, 0.15) is 15.9 Å². The summed E-state index contributed by atoms with van der Waals surface area (Å²) >= 11 is 0. The molecule has 3 aromatic rings. The monoisotopic (exact) mass is 361 g/mol. The van der Waals surface area contributed by atoms with Crippen LogP contribution in [0.2, 0.25) is 0 Å². The maximum absolute atomic E-state index is 11.8. The summed E-state index contributed by atoms with van der Waals surface area (Å²) < 4.78 is 4.80. The number of hydrogen-bond donors (Lipinski definition) is 2. The summed E-state index contributed by atoms with van der Waals surface area (Å²) in [5.41, 5.74) is 4.40. The number of methoxy groups -OCH3 is 1. The molecule has 0 saturated carbocycles. The molecule has 0 aliphatic carbocycles. The summed E-state index contributed by atoms with van der Waals surface area (Å²) in [7, 11) is 1.39. The van der Waals surface area contributed by atoms with Gasteiger partial charge in [-0.2, -0.15) is 0 Å². The average molecular weight is 361 g/mol. The van der Waals surface area contributed by atoms with Gasteiger partial charge < -0.3 is 15.4 Å². The van der Waals surface area contributed by atoms with Crippen LogP contribution in [0.3, 0.4) is 0 Å². The highest BCUT2D eigenvalue weighted by molar-refractivity contribution is 5.90. The number of ether oxygens (including phenoxy) is 1. The third-order valence-corrected chi connectivity index (χ3v) is 4.48. The van der Waals surface area contributed by atoms with Crippen LogP contribution in [0.15, 0.2) is 55.0 Å². The minimum atomic E-state index is -0.333. The van der Waals surface area contributed by atoms with Crippen molar-refractivity contribution >= 4 is 17.6 Å². The second kappa shape index (κ2) is 7.41. The Balaban J connectivity index is 1.51. The number of benzene rings is 1. The van der Waals surface area contributed by atoms with Crippen molar-refractivity contribution in [1.82, 2.24) is 15.0 Å². The summed E-state index contributed by atoms with van der Waals surface area (Å²) in [6, 6.07) is 11.4. The van der Waals surface area contributed by atoms with Gasteiger partial charge in [0.1, 0.15) is 0 Å². The Bertz CT molecular complexity index is 962. The predicted octanol–water partition coefficient (Wildman–Crippen LogP) is 2.77. The van der Waals surface area contributed by atoms with E-state index < -0.39 is 0 Å². The minimum Gasteiger partial charge on any atom is -0.465 e. The van der Waals surface area contributed by atoms with Crippen LogP contribution in [0.5, 0.6) is 0 Å². The Labute approximate surface area is 156 Å². The van der Waals surface area contributed by atoms with Crippen LogP contribution in [-0.4, -0.2) is 40.6 Å². The van der Waals surface area contributed by atoms with Gasteiger partial charge in [0, 0.05) is 36.4 Å². The molecule has 2 N–H and O–H groups in total. The fourth-order valence-electron chi connectivity index (χ4n) is 3.14. The van der Waals surface area contributed by atoms with Gasteiger partial charge in [0.05, 0.1) is 24.4 Å². The molecule has 4 rings (SSSR count). The number of aromatic nitrogens is 3. The molecule has 7 nitrogen and oxygen atoms in total. The van der Waals surface area contributed by atoms with Crippen molar-refractivity contribution in [3.05, 3.63) is 66.1 Å². The van der Waals surface area contributed by atoms with Crippen molar-refractivity contribution < 1.29 is 9.53 Å². The number of anilines is 2. The SMILES string of the molecule is COC(=O)c1ccc2c(c1)CC(Nc1nccc(-c3cccnc3)n1)CN2. The maximum atomic E-state index is 11.8. The minimum absolute atomic E-state index is 0.106. The molecule has 1 atom stereocenters. The number of esters is 1. The first-order valence-electron chi connectivity index (χ1n) is 8.68. The second-order valence-electron chi connectivity index (χ2n) is 6.30. The van der Waals surface area contributed by atoms with E-state index in [0.717, 1.165) is 35.5 Å². The third-order valence-electron chi connectivity index (χ3n) is 4.48. The molecular weight excluding hydrogens is 342 g/mol. The largest absolute Gasteiger partial charge is 0.465 e. The molecule has 7 heteroatoms. The van der Waals surface area contributed by atoms with Gasteiger partial charge in [-0.15, -0.1) is 0 Å². The highest BCUT2D eigenvalue weighted by atomic mass is 16.5. The first kappa shape index (κ1) is 17.0. The number of rotatable bonds is 4. The topological polar surface area (TPSA) is 89.0 Å². The molecule has 1 aliphatic heterocycles. The molecule has 1 unspecified atom stereocenters. The van der Waals surface area contributed by atoms with E-state index >= 15 is 0 Å². The van der Waals surface area contributed by atoms with Gasteiger partial charge >= 0.3 is 5.97 Å². The van der Waals surface area contributed by atoms with Gasteiger partial charge in [0.15, 0.2) is 0 Å².